The van der Waals surface area contributed by atoms with E-state index in [1.165, 1.54) is 4.91 Å². The molecule has 0 N–H and O–H groups in total. The van der Waals surface area contributed by atoms with Crippen LogP contribution in [-0.4, -0.2) is 12.0 Å². The molecule has 0 spiro atoms. The molecule has 0 aromatic carbocycles. The molecule has 0 aliphatic heterocycles. The smallest absolute Gasteiger partial charge is 0.0352 e. The van der Waals surface area contributed by atoms with Crippen LogP contribution in [0.3, 0.4) is 0 Å². The van der Waals surface area contributed by atoms with Gasteiger partial charge < -0.3 is 0 Å². The third-order valence-corrected chi connectivity index (χ3v) is 1.64. The fourth-order valence-electron chi connectivity index (χ4n) is 0.531. The third kappa shape index (κ3) is 5.63. The van der Waals surface area contributed by atoms with Crippen LogP contribution in [0.2, 0.25) is 0 Å². The zero-order valence-electron chi connectivity index (χ0n) is 6.22. The van der Waals surface area contributed by atoms with Crippen molar-refractivity contribution in [2.75, 3.05) is 0 Å². The lowest BCUT2D eigenvalue weighted by atomic mass is 10.6. The topological polar surface area (TPSA) is 12.4 Å². The second kappa shape index (κ2) is 4.62. The fourth-order valence-corrected chi connectivity index (χ4v) is 1.41. The Morgan fingerprint density at radius 2 is 2.22 bits per heavy atom. The molecule has 0 atom stereocenters. The molecule has 0 heterocycles. The first-order valence-corrected chi connectivity index (χ1v) is 3.84. The minimum Gasteiger partial charge on any atom is -0.272 e. The average Bonchev–Trinajstić information content (AvgIpc) is 1.63. The van der Waals surface area contributed by atoms with Crippen molar-refractivity contribution in [2.24, 2.45) is 4.99 Å². The van der Waals surface area contributed by atoms with Crippen LogP contribution in [0.1, 0.15) is 20.8 Å². The summed E-state index contributed by atoms with van der Waals surface area (Å²) in [6.45, 7) is 9.72. The lowest BCUT2D eigenvalue weighted by Gasteiger charge is -2.01. The van der Waals surface area contributed by atoms with Gasteiger partial charge in [0.15, 0.2) is 0 Å². The predicted octanol–water partition coefficient (Wildman–Crippen LogP) is 2.69. The summed E-state index contributed by atoms with van der Waals surface area (Å²) >= 11 is 1.81. The summed E-state index contributed by atoms with van der Waals surface area (Å²) < 4.78 is 0. The van der Waals surface area contributed by atoms with Gasteiger partial charge in [0.1, 0.15) is 0 Å². The molecule has 0 saturated heterocycles. The molecule has 9 heavy (non-hydrogen) atoms. The number of thioether (sulfide) groups is 1. The van der Waals surface area contributed by atoms with E-state index in [0.717, 1.165) is 0 Å². The summed E-state index contributed by atoms with van der Waals surface area (Å²) in [4.78, 5) is 4.88. The Labute approximate surface area is 61.3 Å². The summed E-state index contributed by atoms with van der Waals surface area (Å²) in [5.41, 5.74) is 0. The van der Waals surface area contributed by atoms with Crippen LogP contribution in [0, 0.1) is 0 Å². The van der Waals surface area contributed by atoms with Crippen LogP contribution in [0.25, 0.3) is 0 Å². The van der Waals surface area contributed by atoms with Crippen molar-refractivity contribution >= 4 is 18.5 Å². The molecule has 0 unspecified atom stereocenters. The highest BCUT2D eigenvalue weighted by Crippen LogP contribution is 2.19. The minimum atomic E-state index is 0.642. The van der Waals surface area contributed by atoms with Gasteiger partial charge in [-0.25, -0.2) is 0 Å². The third-order valence-electron chi connectivity index (χ3n) is 0.695. The molecular weight excluding hydrogens is 130 g/mol. The van der Waals surface area contributed by atoms with Crippen LogP contribution >= 0.6 is 11.8 Å². The van der Waals surface area contributed by atoms with Crippen LogP contribution in [0.15, 0.2) is 16.1 Å². The highest BCUT2D eigenvalue weighted by molar-refractivity contribution is 8.03. The van der Waals surface area contributed by atoms with Gasteiger partial charge in [-0.05, 0) is 13.6 Å². The second-order valence-corrected chi connectivity index (χ2v) is 3.91. The zero-order chi connectivity index (χ0) is 7.28. The van der Waals surface area contributed by atoms with E-state index in [-0.39, 0.29) is 0 Å². The van der Waals surface area contributed by atoms with Crippen molar-refractivity contribution < 1.29 is 0 Å². The van der Waals surface area contributed by atoms with Crippen LogP contribution in [0.5, 0.6) is 0 Å². The first-order chi connectivity index (χ1) is 4.16. The van der Waals surface area contributed by atoms with E-state index in [4.69, 9.17) is 0 Å². The van der Waals surface area contributed by atoms with E-state index in [9.17, 15) is 0 Å². The van der Waals surface area contributed by atoms with Gasteiger partial charge in [-0.2, -0.15) is 0 Å². The SMILES string of the molecule is C=N/C=C(/C)SC(C)C. The molecule has 0 radical (unpaired) electrons. The number of rotatable bonds is 3. The highest BCUT2D eigenvalue weighted by Gasteiger charge is 1.93. The van der Waals surface area contributed by atoms with Gasteiger partial charge in [0.2, 0.25) is 0 Å². The van der Waals surface area contributed by atoms with Crippen LogP contribution in [0.4, 0.5) is 0 Å². The van der Waals surface area contributed by atoms with Gasteiger partial charge in [0.25, 0.3) is 0 Å². The molecule has 0 aliphatic rings. The lowest BCUT2D eigenvalue weighted by Crippen LogP contribution is -1.84. The number of aliphatic imine (C=N–C) groups is 1. The van der Waals surface area contributed by atoms with E-state index in [0.29, 0.717) is 5.25 Å². The van der Waals surface area contributed by atoms with E-state index >= 15 is 0 Å². The fraction of sp³-hybridized carbons (Fsp3) is 0.571. The molecule has 0 fully saturated rings. The maximum atomic E-state index is 3.66. The maximum Gasteiger partial charge on any atom is 0.0352 e. The van der Waals surface area contributed by atoms with Crippen molar-refractivity contribution in [3.63, 3.8) is 0 Å². The first-order valence-electron chi connectivity index (χ1n) is 2.96. The van der Waals surface area contributed by atoms with Gasteiger partial charge in [0.05, 0.1) is 0 Å². The van der Waals surface area contributed by atoms with Crippen molar-refractivity contribution in [3.8, 4) is 0 Å². The van der Waals surface area contributed by atoms with Gasteiger partial charge in [-0.1, -0.05) is 13.8 Å². The monoisotopic (exact) mass is 143 g/mol. The van der Waals surface area contributed by atoms with E-state index in [2.05, 4.69) is 25.6 Å². The van der Waals surface area contributed by atoms with Crippen molar-refractivity contribution in [3.05, 3.63) is 11.1 Å². The Kier molecular flexibility index (Phi) is 4.50. The molecule has 0 aliphatic carbocycles. The maximum absolute atomic E-state index is 3.66. The Balaban J connectivity index is 3.61. The molecule has 0 amide bonds. The molecular formula is C7H13NS. The molecule has 0 aromatic heterocycles. The largest absolute Gasteiger partial charge is 0.272 e. The summed E-state index contributed by atoms with van der Waals surface area (Å²) in [5, 5.41) is 0.642. The molecule has 1 nitrogen and oxygen atoms in total. The highest BCUT2D eigenvalue weighted by atomic mass is 32.2. The van der Waals surface area contributed by atoms with Gasteiger partial charge >= 0.3 is 0 Å². The number of nitrogens with zero attached hydrogens (tertiary/aromatic N) is 1. The van der Waals surface area contributed by atoms with Crippen LogP contribution in [-0.2, 0) is 0 Å². The van der Waals surface area contributed by atoms with E-state index in [1.807, 2.05) is 6.92 Å². The molecule has 2 heteroatoms. The average molecular weight is 143 g/mol. The lowest BCUT2D eigenvalue weighted by molar-refractivity contribution is 1.12. The number of hydrogen-bond donors (Lipinski definition) is 0. The standard InChI is InChI=1S/C7H13NS/c1-6(2)9-7(3)5-8-4/h5-6H,4H2,1-3H3/b7-5-. The summed E-state index contributed by atoms with van der Waals surface area (Å²) in [7, 11) is 0. The molecule has 0 aromatic rings. The van der Waals surface area contributed by atoms with E-state index in [1.54, 1.807) is 18.0 Å². The molecule has 52 valence electrons. The quantitative estimate of drug-likeness (QED) is 0.553. The molecule has 0 saturated carbocycles. The normalized spacial score (nSPS) is 12.2. The predicted molar refractivity (Wildman–Crippen MR) is 46.0 cm³/mol. The Morgan fingerprint density at radius 1 is 1.67 bits per heavy atom. The zero-order valence-corrected chi connectivity index (χ0v) is 7.03. The second-order valence-electron chi connectivity index (χ2n) is 2.09. The molecule has 0 rings (SSSR count). The van der Waals surface area contributed by atoms with Crippen LogP contribution < -0.4 is 0 Å². The van der Waals surface area contributed by atoms with Crippen molar-refractivity contribution in [2.45, 2.75) is 26.0 Å². The Hall–Kier alpha value is -0.240. The van der Waals surface area contributed by atoms with Crippen molar-refractivity contribution in [1.29, 1.82) is 0 Å². The van der Waals surface area contributed by atoms with Crippen molar-refractivity contribution in [1.82, 2.24) is 0 Å². The van der Waals surface area contributed by atoms with Gasteiger partial charge in [-0.3, -0.25) is 4.99 Å². The minimum absolute atomic E-state index is 0.642. The number of allylic oxidation sites excluding steroid dienone is 1. The molecule has 0 bridgehead atoms. The van der Waals surface area contributed by atoms with E-state index < -0.39 is 0 Å². The Bertz CT molecular complexity index is 116. The van der Waals surface area contributed by atoms with Gasteiger partial charge in [0, 0.05) is 16.4 Å². The summed E-state index contributed by atoms with van der Waals surface area (Å²) in [6, 6.07) is 0. The summed E-state index contributed by atoms with van der Waals surface area (Å²) in [5.74, 6) is 0. The number of hydrogen-bond acceptors (Lipinski definition) is 2. The van der Waals surface area contributed by atoms with Gasteiger partial charge in [-0.15, -0.1) is 11.8 Å². The Morgan fingerprint density at radius 3 is 2.56 bits per heavy atom. The first kappa shape index (κ1) is 8.76. The summed E-state index contributed by atoms with van der Waals surface area (Å²) in [6.07, 6.45) is 1.78.